The Labute approximate surface area is 113 Å². The van der Waals surface area contributed by atoms with Gasteiger partial charge in [-0.25, -0.2) is 0 Å². The monoisotopic (exact) mass is 257 g/mol. The van der Waals surface area contributed by atoms with Crippen molar-refractivity contribution < 1.29 is 9.84 Å². The van der Waals surface area contributed by atoms with Crippen LogP contribution >= 0.6 is 0 Å². The predicted molar refractivity (Wildman–Crippen MR) is 77.7 cm³/mol. The van der Waals surface area contributed by atoms with Crippen molar-refractivity contribution in [3.8, 4) is 11.5 Å². The van der Waals surface area contributed by atoms with Gasteiger partial charge in [-0.2, -0.15) is 0 Å². The molecule has 0 amide bonds. The van der Waals surface area contributed by atoms with Crippen LogP contribution < -0.4 is 10.1 Å². The van der Waals surface area contributed by atoms with Crippen LogP contribution in [0.15, 0.2) is 54.6 Å². The molecule has 0 radical (unpaired) electrons. The Balaban J connectivity index is 1.99. The van der Waals surface area contributed by atoms with Crippen molar-refractivity contribution in [3.63, 3.8) is 0 Å². The van der Waals surface area contributed by atoms with Gasteiger partial charge in [0.15, 0.2) is 0 Å². The molecule has 0 bridgehead atoms. The van der Waals surface area contributed by atoms with E-state index in [9.17, 15) is 5.11 Å². The fourth-order valence-electron chi connectivity index (χ4n) is 1.63. The van der Waals surface area contributed by atoms with E-state index < -0.39 is 0 Å². The summed E-state index contributed by atoms with van der Waals surface area (Å²) >= 11 is 0. The fraction of sp³-hybridized carbons (Fsp3) is 0.250. The first-order valence-corrected chi connectivity index (χ1v) is 6.43. The predicted octanol–water partition coefficient (Wildman–Crippen LogP) is 3.66. The van der Waals surface area contributed by atoms with E-state index in [2.05, 4.69) is 5.32 Å². The molecular formula is C16H19NO2. The van der Waals surface area contributed by atoms with Crippen LogP contribution in [0.1, 0.15) is 13.8 Å². The van der Waals surface area contributed by atoms with E-state index >= 15 is 0 Å². The Hall–Kier alpha value is -2.00. The highest BCUT2D eigenvalue weighted by Gasteiger charge is 2.07. The molecule has 3 nitrogen and oxygen atoms in total. The molecule has 0 heterocycles. The van der Waals surface area contributed by atoms with Crippen molar-refractivity contribution in [1.82, 2.24) is 0 Å². The summed E-state index contributed by atoms with van der Waals surface area (Å²) in [4.78, 5) is 0. The molecule has 0 saturated carbocycles. The van der Waals surface area contributed by atoms with Crippen molar-refractivity contribution in [1.29, 1.82) is 0 Å². The van der Waals surface area contributed by atoms with Gasteiger partial charge >= 0.3 is 0 Å². The Morgan fingerprint density at radius 2 is 1.47 bits per heavy atom. The highest BCUT2D eigenvalue weighted by Crippen LogP contribution is 2.22. The first-order valence-electron chi connectivity index (χ1n) is 6.43. The van der Waals surface area contributed by atoms with Crippen LogP contribution in [0.4, 0.5) is 5.69 Å². The second kappa shape index (κ2) is 6.25. The molecule has 19 heavy (non-hydrogen) atoms. The lowest BCUT2D eigenvalue weighted by Crippen LogP contribution is -2.27. The van der Waals surface area contributed by atoms with Crippen LogP contribution in [-0.4, -0.2) is 17.3 Å². The Bertz CT molecular complexity index is 494. The lowest BCUT2D eigenvalue weighted by Gasteiger charge is -2.18. The van der Waals surface area contributed by atoms with E-state index in [1.165, 1.54) is 0 Å². The van der Waals surface area contributed by atoms with Crippen molar-refractivity contribution >= 4 is 5.69 Å². The molecule has 0 spiro atoms. The van der Waals surface area contributed by atoms with E-state index in [-0.39, 0.29) is 12.1 Å². The minimum Gasteiger partial charge on any atom is -0.457 e. The molecule has 0 aliphatic rings. The molecule has 0 aromatic heterocycles. The number of para-hydroxylation sites is 1. The number of hydrogen-bond donors (Lipinski definition) is 2. The summed E-state index contributed by atoms with van der Waals surface area (Å²) in [5.41, 5.74) is 0.966. The molecule has 2 N–H and O–H groups in total. The topological polar surface area (TPSA) is 41.5 Å². The van der Waals surface area contributed by atoms with Crippen LogP contribution in [0.2, 0.25) is 0 Å². The number of hydrogen-bond acceptors (Lipinski definition) is 3. The number of aliphatic hydroxyl groups is 1. The number of nitrogens with one attached hydrogen (secondary N) is 1. The quantitative estimate of drug-likeness (QED) is 0.859. The van der Waals surface area contributed by atoms with Crippen LogP contribution in [0, 0.1) is 0 Å². The Morgan fingerprint density at radius 1 is 0.895 bits per heavy atom. The minimum atomic E-state index is -0.389. The first kappa shape index (κ1) is 13.4. The number of anilines is 1. The smallest absolute Gasteiger partial charge is 0.127 e. The molecule has 2 unspecified atom stereocenters. The number of aliphatic hydroxyl groups excluding tert-OH is 1. The average molecular weight is 257 g/mol. The van der Waals surface area contributed by atoms with Crippen LogP contribution in [0.3, 0.4) is 0 Å². The molecule has 2 atom stereocenters. The van der Waals surface area contributed by atoms with Crippen LogP contribution in [0.5, 0.6) is 11.5 Å². The Morgan fingerprint density at radius 3 is 2.05 bits per heavy atom. The van der Waals surface area contributed by atoms with Gasteiger partial charge in [0.05, 0.1) is 6.10 Å². The van der Waals surface area contributed by atoms with E-state index in [1.54, 1.807) is 6.92 Å². The summed E-state index contributed by atoms with van der Waals surface area (Å²) in [6, 6.07) is 17.4. The van der Waals surface area contributed by atoms with Crippen LogP contribution in [-0.2, 0) is 0 Å². The van der Waals surface area contributed by atoms with Crippen molar-refractivity contribution in [2.45, 2.75) is 26.0 Å². The SMILES string of the molecule is CC(O)C(C)Nc1ccc(Oc2ccccc2)cc1. The normalized spacial score (nSPS) is 13.6. The van der Waals surface area contributed by atoms with Gasteiger partial charge < -0.3 is 15.2 Å². The van der Waals surface area contributed by atoms with Gasteiger partial charge in [-0.3, -0.25) is 0 Å². The fourth-order valence-corrected chi connectivity index (χ4v) is 1.63. The van der Waals surface area contributed by atoms with Crippen LogP contribution in [0.25, 0.3) is 0 Å². The molecule has 0 saturated heterocycles. The highest BCUT2D eigenvalue weighted by molar-refractivity contribution is 5.47. The molecule has 0 aliphatic heterocycles. The maximum atomic E-state index is 9.44. The van der Waals surface area contributed by atoms with Gasteiger partial charge in [0.25, 0.3) is 0 Å². The second-order valence-corrected chi connectivity index (χ2v) is 4.61. The standard InChI is InChI=1S/C16H19NO2/c1-12(13(2)18)17-14-8-10-16(11-9-14)19-15-6-4-3-5-7-15/h3-13,17-18H,1-2H3. The summed E-state index contributed by atoms with van der Waals surface area (Å²) < 4.78 is 5.71. The van der Waals surface area contributed by atoms with Gasteiger partial charge in [-0.1, -0.05) is 18.2 Å². The highest BCUT2D eigenvalue weighted by atomic mass is 16.5. The van der Waals surface area contributed by atoms with Gasteiger partial charge in [-0.15, -0.1) is 0 Å². The molecule has 100 valence electrons. The van der Waals surface area contributed by atoms with Crippen molar-refractivity contribution in [3.05, 3.63) is 54.6 Å². The summed E-state index contributed by atoms with van der Waals surface area (Å²) in [5, 5.41) is 12.7. The minimum absolute atomic E-state index is 0.0147. The zero-order chi connectivity index (χ0) is 13.7. The van der Waals surface area contributed by atoms with E-state index in [4.69, 9.17) is 4.74 Å². The molecule has 0 aliphatic carbocycles. The summed E-state index contributed by atoms with van der Waals surface area (Å²) in [6.45, 7) is 3.71. The third-order valence-electron chi connectivity index (χ3n) is 2.95. The summed E-state index contributed by atoms with van der Waals surface area (Å²) in [7, 11) is 0. The molecule has 2 aromatic rings. The average Bonchev–Trinajstić information content (AvgIpc) is 2.42. The maximum absolute atomic E-state index is 9.44. The van der Waals surface area contributed by atoms with E-state index in [0.29, 0.717) is 0 Å². The molecule has 3 heteroatoms. The molecule has 2 rings (SSSR count). The largest absolute Gasteiger partial charge is 0.457 e. The van der Waals surface area contributed by atoms with E-state index in [1.807, 2.05) is 61.5 Å². The summed E-state index contributed by atoms with van der Waals surface area (Å²) in [6.07, 6.45) is -0.389. The van der Waals surface area contributed by atoms with Gasteiger partial charge in [0.2, 0.25) is 0 Å². The van der Waals surface area contributed by atoms with Crippen molar-refractivity contribution in [2.24, 2.45) is 0 Å². The number of benzene rings is 2. The van der Waals surface area contributed by atoms with E-state index in [0.717, 1.165) is 17.2 Å². The van der Waals surface area contributed by atoms with Gasteiger partial charge in [0, 0.05) is 11.7 Å². The number of ether oxygens (including phenoxy) is 1. The molecular weight excluding hydrogens is 238 g/mol. The lowest BCUT2D eigenvalue weighted by molar-refractivity contribution is 0.178. The van der Waals surface area contributed by atoms with Gasteiger partial charge in [-0.05, 0) is 50.2 Å². The maximum Gasteiger partial charge on any atom is 0.127 e. The zero-order valence-electron chi connectivity index (χ0n) is 11.2. The first-order chi connectivity index (χ1) is 9.15. The third kappa shape index (κ3) is 4.00. The Kier molecular flexibility index (Phi) is 4.42. The second-order valence-electron chi connectivity index (χ2n) is 4.61. The molecule has 0 fully saturated rings. The third-order valence-corrected chi connectivity index (χ3v) is 2.95. The number of rotatable bonds is 5. The van der Waals surface area contributed by atoms with Crippen molar-refractivity contribution in [2.75, 3.05) is 5.32 Å². The molecule has 2 aromatic carbocycles. The van der Waals surface area contributed by atoms with Gasteiger partial charge in [0.1, 0.15) is 11.5 Å². The summed E-state index contributed by atoms with van der Waals surface area (Å²) in [5.74, 6) is 1.61. The zero-order valence-corrected chi connectivity index (χ0v) is 11.2. The lowest BCUT2D eigenvalue weighted by atomic mass is 10.2.